The third-order valence-electron chi connectivity index (χ3n) is 2.88. The quantitative estimate of drug-likeness (QED) is 0.680. The monoisotopic (exact) mass is 293 g/mol. The number of aryl methyl sites for hydroxylation is 1. The Hall–Kier alpha value is -1.89. The fourth-order valence-electron chi connectivity index (χ4n) is 1.92. The minimum absolute atomic E-state index is 0.250. The van der Waals surface area contributed by atoms with Crippen LogP contribution in [-0.2, 0) is 4.79 Å². The van der Waals surface area contributed by atoms with Gasteiger partial charge in [0.15, 0.2) is 0 Å². The molecule has 4 N–H and O–H groups in total. The van der Waals surface area contributed by atoms with Gasteiger partial charge in [0.05, 0.1) is 5.39 Å². The van der Waals surface area contributed by atoms with Gasteiger partial charge in [-0.3, -0.25) is 4.79 Å². The lowest BCUT2D eigenvalue weighted by atomic mass is 10.2. The molecular formula is C13H19N5OS. The molecule has 1 amide bonds. The summed E-state index contributed by atoms with van der Waals surface area (Å²) in [6.45, 7) is 2.82. The zero-order chi connectivity index (χ0) is 14.5. The van der Waals surface area contributed by atoms with Crippen LogP contribution in [0, 0.1) is 6.92 Å². The summed E-state index contributed by atoms with van der Waals surface area (Å²) in [4.78, 5) is 21.7. The SMILES string of the molecule is CNc1nc(NCCCCC(N)=O)c2cc(C)sc2n1. The highest BCUT2D eigenvalue weighted by molar-refractivity contribution is 7.18. The Morgan fingerprint density at radius 2 is 2.20 bits per heavy atom. The number of nitrogens with zero attached hydrogens (tertiary/aromatic N) is 2. The van der Waals surface area contributed by atoms with E-state index in [1.165, 1.54) is 4.88 Å². The van der Waals surface area contributed by atoms with Gasteiger partial charge in [-0.15, -0.1) is 11.3 Å². The smallest absolute Gasteiger partial charge is 0.225 e. The lowest BCUT2D eigenvalue weighted by Crippen LogP contribution is -2.11. The van der Waals surface area contributed by atoms with Crippen molar-refractivity contribution in [1.29, 1.82) is 0 Å². The summed E-state index contributed by atoms with van der Waals surface area (Å²) in [5.41, 5.74) is 5.11. The Bertz CT molecular complexity index is 610. The van der Waals surface area contributed by atoms with Gasteiger partial charge in [0.2, 0.25) is 11.9 Å². The average molecular weight is 293 g/mol. The van der Waals surface area contributed by atoms with Crippen LogP contribution in [0.15, 0.2) is 6.07 Å². The van der Waals surface area contributed by atoms with Crippen molar-refractivity contribution in [2.24, 2.45) is 5.73 Å². The second-order valence-corrected chi connectivity index (χ2v) is 5.81. The number of carbonyl (C=O) groups excluding carboxylic acids is 1. The number of amides is 1. The number of unbranched alkanes of at least 4 members (excludes halogenated alkanes) is 1. The Balaban J connectivity index is 2.06. The molecule has 6 nitrogen and oxygen atoms in total. The Kier molecular flexibility index (Phi) is 4.73. The Labute approximate surface area is 121 Å². The van der Waals surface area contributed by atoms with Crippen molar-refractivity contribution < 1.29 is 4.79 Å². The predicted octanol–water partition coefficient (Wildman–Crippen LogP) is 2.11. The molecule has 0 saturated heterocycles. The molecule has 0 aromatic carbocycles. The van der Waals surface area contributed by atoms with Gasteiger partial charge in [0.25, 0.3) is 0 Å². The fourth-order valence-corrected chi connectivity index (χ4v) is 2.80. The number of nitrogens with one attached hydrogen (secondary N) is 2. The van der Waals surface area contributed by atoms with Crippen LogP contribution in [0.2, 0.25) is 0 Å². The van der Waals surface area contributed by atoms with Crippen molar-refractivity contribution in [3.63, 3.8) is 0 Å². The van der Waals surface area contributed by atoms with E-state index >= 15 is 0 Å². The minimum atomic E-state index is -0.250. The summed E-state index contributed by atoms with van der Waals surface area (Å²) in [7, 11) is 1.80. The molecule has 7 heteroatoms. The van der Waals surface area contributed by atoms with Crippen LogP contribution in [0.25, 0.3) is 10.2 Å². The van der Waals surface area contributed by atoms with E-state index in [0.29, 0.717) is 12.4 Å². The first-order valence-electron chi connectivity index (χ1n) is 6.58. The first kappa shape index (κ1) is 14.5. The van der Waals surface area contributed by atoms with Crippen molar-refractivity contribution in [2.75, 3.05) is 24.2 Å². The van der Waals surface area contributed by atoms with Crippen LogP contribution in [0.1, 0.15) is 24.1 Å². The number of hydrogen-bond donors (Lipinski definition) is 3. The fraction of sp³-hybridized carbons (Fsp3) is 0.462. The van der Waals surface area contributed by atoms with Gasteiger partial charge < -0.3 is 16.4 Å². The van der Waals surface area contributed by atoms with Crippen molar-refractivity contribution in [1.82, 2.24) is 9.97 Å². The largest absolute Gasteiger partial charge is 0.370 e. The molecule has 0 aliphatic heterocycles. The highest BCUT2D eigenvalue weighted by Crippen LogP contribution is 2.29. The van der Waals surface area contributed by atoms with Crippen LogP contribution in [-0.4, -0.2) is 29.5 Å². The van der Waals surface area contributed by atoms with Gasteiger partial charge in [0, 0.05) is 24.9 Å². The number of fused-ring (bicyclic) bond motifs is 1. The highest BCUT2D eigenvalue weighted by Gasteiger charge is 2.09. The zero-order valence-electron chi connectivity index (χ0n) is 11.7. The van der Waals surface area contributed by atoms with Gasteiger partial charge in [-0.1, -0.05) is 0 Å². The van der Waals surface area contributed by atoms with E-state index in [-0.39, 0.29) is 5.91 Å². The van der Waals surface area contributed by atoms with Crippen molar-refractivity contribution in [3.8, 4) is 0 Å². The van der Waals surface area contributed by atoms with Gasteiger partial charge in [-0.25, -0.2) is 4.98 Å². The first-order valence-corrected chi connectivity index (χ1v) is 7.40. The first-order chi connectivity index (χ1) is 9.60. The number of rotatable bonds is 7. The van der Waals surface area contributed by atoms with Gasteiger partial charge in [-0.05, 0) is 25.8 Å². The molecule has 0 saturated carbocycles. The van der Waals surface area contributed by atoms with Crippen LogP contribution >= 0.6 is 11.3 Å². The molecule has 2 heterocycles. The molecule has 0 aliphatic rings. The maximum absolute atomic E-state index is 10.7. The van der Waals surface area contributed by atoms with Gasteiger partial charge >= 0.3 is 0 Å². The van der Waals surface area contributed by atoms with Crippen LogP contribution in [0.5, 0.6) is 0 Å². The summed E-state index contributed by atoms with van der Waals surface area (Å²) in [5.74, 6) is 1.20. The molecule has 0 fully saturated rings. The summed E-state index contributed by atoms with van der Waals surface area (Å²) in [6.07, 6.45) is 2.10. The lowest BCUT2D eigenvalue weighted by Gasteiger charge is -2.08. The third-order valence-corrected chi connectivity index (χ3v) is 3.83. The Morgan fingerprint density at radius 3 is 2.90 bits per heavy atom. The number of nitrogens with two attached hydrogens (primary N) is 1. The summed E-state index contributed by atoms with van der Waals surface area (Å²) in [6, 6.07) is 2.09. The molecule has 0 radical (unpaired) electrons. The lowest BCUT2D eigenvalue weighted by molar-refractivity contribution is -0.118. The molecule has 2 aromatic rings. The van der Waals surface area contributed by atoms with E-state index in [1.807, 2.05) is 0 Å². The van der Waals surface area contributed by atoms with Crippen molar-refractivity contribution in [3.05, 3.63) is 10.9 Å². The van der Waals surface area contributed by atoms with Crippen molar-refractivity contribution >= 4 is 39.2 Å². The zero-order valence-corrected chi connectivity index (χ0v) is 12.5. The second-order valence-electron chi connectivity index (χ2n) is 4.57. The maximum atomic E-state index is 10.7. The van der Waals surface area contributed by atoms with Crippen LogP contribution < -0.4 is 16.4 Å². The molecule has 2 rings (SSSR count). The van der Waals surface area contributed by atoms with Crippen LogP contribution in [0.3, 0.4) is 0 Å². The highest BCUT2D eigenvalue weighted by atomic mass is 32.1. The number of hydrogen-bond acceptors (Lipinski definition) is 6. The predicted molar refractivity (Wildman–Crippen MR) is 83.2 cm³/mol. The molecule has 0 aliphatic carbocycles. The number of anilines is 2. The molecule has 108 valence electrons. The van der Waals surface area contributed by atoms with E-state index in [4.69, 9.17) is 5.73 Å². The maximum Gasteiger partial charge on any atom is 0.225 e. The van der Waals surface area contributed by atoms with Gasteiger partial charge in [-0.2, -0.15) is 4.98 Å². The Morgan fingerprint density at radius 1 is 1.40 bits per heavy atom. The molecule has 0 spiro atoms. The molecule has 0 atom stereocenters. The van der Waals surface area contributed by atoms with Gasteiger partial charge in [0.1, 0.15) is 10.6 Å². The number of carbonyl (C=O) groups is 1. The number of thiophene rings is 1. The third kappa shape index (κ3) is 3.57. The van der Waals surface area contributed by atoms with Crippen LogP contribution in [0.4, 0.5) is 11.8 Å². The average Bonchev–Trinajstić information content (AvgIpc) is 2.78. The number of aromatic nitrogens is 2. The summed E-state index contributed by atoms with van der Waals surface area (Å²) < 4.78 is 0. The molecule has 0 unspecified atom stereocenters. The van der Waals surface area contributed by atoms with E-state index in [2.05, 4.69) is 33.6 Å². The molecule has 0 bridgehead atoms. The van der Waals surface area contributed by atoms with E-state index < -0.39 is 0 Å². The van der Waals surface area contributed by atoms with Crippen molar-refractivity contribution in [2.45, 2.75) is 26.2 Å². The van der Waals surface area contributed by atoms with E-state index in [0.717, 1.165) is 35.4 Å². The summed E-state index contributed by atoms with van der Waals surface area (Å²) >= 11 is 1.65. The van der Waals surface area contributed by atoms with E-state index in [9.17, 15) is 4.79 Å². The molecule has 2 aromatic heterocycles. The second kappa shape index (κ2) is 6.51. The normalized spacial score (nSPS) is 10.7. The summed E-state index contributed by atoms with van der Waals surface area (Å²) in [5, 5.41) is 7.32. The standard InChI is InChI=1S/C13H19N5OS/c1-8-7-9-11(16-6-4-3-5-10(14)19)17-13(15-2)18-12(9)20-8/h7H,3-6H2,1-2H3,(H2,14,19)(H2,15,16,17,18). The minimum Gasteiger partial charge on any atom is -0.370 e. The topological polar surface area (TPSA) is 92.9 Å². The molecular weight excluding hydrogens is 274 g/mol. The number of primary amides is 1. The molecule has 20 heavy (non-hydrogen) atoms. The van der Waals surface area contributed by atoms with E-state index in [1.54, 1.807) is 18.4 Å².